The smallest absolute Gasteiger partial charge is 0.234 e. The van der Waals surface area contributed by atoms with Crippen LogP contribution in [0.4, 0.5) is 5.82 Å². The number of aromatic nitrogens is 1. The largest absolute Gasteiger partial charge is 0.370 e. The van der Waals surface area contributed by atoms with Gasteiger partial charge in [0.15, 0.2) is 0 Å². The van der Waals surface area contributed by atoms with Gasteiger partial charge in [0.1, 0.15) is 5.82 Å². The average molecular weight is 264 g/mol. The van der Waals surface area contributed by atoms with Gasteiger partial charge in [0.05, 0.1) is 6.54 Å². The molecule has 0 aromatic carbocycles. The van der Waals surface area contributed by atoms with E-state index in [1.165, 1.54) is 0 Å². The summed E-state index contributed by atoms with van der Waals surface area (Å²) in [4.78, 5) is 17.9. The summed E-state index contributed by atoms with van der Waals surface area (Å²) in [6, 6.07) is 4.00. The summed E-state index contributed by atoms with van der Waals surface area (Å²) in [6.07, 6.45) is 2.81. The highest BCUT2D eigenvalue weighted by atomic mass is 16.2. The Balaban J connectivity index is 2.39. The maximum atomic E-state index is 11.6. The topological polar surface area (TPSA) is 57.3 Å². The Labute approximate surface area is 115 Å². The van der Waals surface area contributed by atoms with Crippen molar-refractivity contribution >= 4 is 11.7 Å². The third kappa shape index (κ3) is 6.20. The first-order valence-electron chi connectivity index (χ1n) is 6.79. The second-order valence-electron chi connectivity index (χ2n) is 4.60. The van der Waals surface area contributed by atoms with Crippen LogP contribution in [0.3, 0.4) is 0 Å². The van der Waals surface area contributed by atoms with Crippen LogP contribution in [-0.2, 0) is 11.3 Å². The number of carbonyl (C=O) groups excluding carboxylic acids is 1. The van der Waals surface area contributed by atoms with Gasteiger partial charge >= 0.3 is 0 Å². The SMILES string of the molecule is CCCNC(=O)CN(C)Cc1ccc(NCC)nc1. The number of pyridine rings is 1. The van der Waals surface area contributed by atoms with Crippen molar-refractivity contribution in [1.82, 2.24) is 15.2 Å². The molecule has 1 rings (SSSR count). The van der Waals surface area contributed by atoms with Crippen molar-refractivity contribution in [3.63, 3.8) is 0 Å². The molecule has 1 heterocycles. The molecule has 0 fully saturated rings. The van der Waals surface area contributed by atoms with Crippen LogP contribution in [0.1, 0.15) is 25.8 Å². The predicted octanol–water partition coefficient (Wildman–Crippen LogP) is 1.47. The molecule has 0 saturated heterocycles. The fourth-order valence-corrected chi connectivity index (χ4v) is 1.74. The molecule has 2 N–H and O–H groups in total. The fraction of sp³-hybridized carbons (Fsp3) is 0.571. The molecule has 0 radical (unpaired) electrons. The average Bonchev–Trinajstić information content (AvgIpc) is 2.39. The van der Waals surface area contributed by atoms with Gasteiger partial charge in [0, 0.05) is 25.8 Å². The van der Waals surface area contributed by atoms with Crippen LogP contribution in [-0.4, -0.2) is 42.5 Å². The molecule has 0 aliphatic heterocycles. The number of carbonyl (C=O) groups is 1. The molecule has 0 bridgehead atoms. The third-order valence-corrected chi connectivity index (χ3v) is 2.62. The van der Waals surface area contributed by atoms with Crippen molar-refractivity contribution in [2.24, 2.45) is 0 Å². The number of likely N-dealkylation sites (N-methyl/N-ethyl adjacent to an activating group) is 1. The Morgan fingerprint density at radius 3 is 2.74 bits per heavy atom. The maximum Gasteiger partial charge on any atom is 0.234 e. The van der Waals surface area contributed by atoms with E-state index in [4.69, 9.17) is 0 Å². The van der Waals surface area contributed by atoms with E-state index in [1.54, 1.807) is 0 Å². The number of rotatable bonds is 8. The molecule has 0 aliphatic rings. The van der Waals surface area contributed by atoms with Crippen molar-refractivity contribution in [3.05, 3.63) is 23.9 Å². The summed E-state index contributed by atoms with van der Waals surface area (Å²) in [5, 5.41) is 6.02. The lowest BCUT2D eigenvalue weighted by Crippen LogP contribution is -2.35. The van der Waals surface area contributed by atoms with E-state index >= 15 is 0 Å². The Morgan fingerprint density at radius 2 is 2.16 bits per heavy atom. The van der Waals surface area contributed by atoms with Gasteiger partial charge in [-0.15, -0.1) is 0 Å². The zero-order chi connectivity index (χ0) is 14.1. The second-order valence-corrected chi connectivity index (χ2v) is 4.60. The first-order valence-corrected chi connectivity index (χ1v) is 6.79. The predicted molar refractivity (Wildman–Crippen MR) is 78.0 cm³/mol. The van der Waals surface area contributed by atoms with Gasteiger partial charge in [0.2, 0.25) is 5.91 Å². The molecule has 5 nitrogen and oxygen atoms in total. The lowest BCUT2D eigenvalue weighted by atomic mass is 10.2. The molecular formula is C14H24N4O. The van der Waals surface area contributed by atoms with Crippen LogP contribution in [0.5, 0.6) is 0 Å². The Morgan fingerprint density at radius 1 is 1.37 bits per heavy atom. The molecule has 106 valence electrons. The Bertz CT molecular complexity index is 378. The zero-order valence-electron chi connectivity index (χ0n) is 12.1. The van der Waals surface area contributed by atoms with Gasteiger partial charge in [0.25, 0.3) is 0 Å². The van der Waals surface area contributed by atoms with E-state index in [0.29, 0.717) is 6.54 Å². The van der Waals surface area contributed by atoms with Crippen LogP contribution in [0.15, 0.2) is 18.3 Å². The highest BCUT2D eigenvalue weighted by Crippen LogP contribution is 2.06. The van der Waals surface area contributed by atoms with Gasteiger partial charge in [-0.2, -0.15) is 0 Å². The highest BCUT2D eigenvalue weighted by molar-refractivity contribution is 5.77. The number of hydrogen-bond donors (Lipinski definition) is 2. The molecule has 0 aliphatic carbocycles. The molecule has 19 heavy (non-hydrogen) atoms. The molecule has 0 unspecified atom stereocenters. The van der Waals surface area contributed by atoms with Crippen LogP contribution >= 0.6 is 0 Å². The van der Waals surface area contributed by atoms with E-state index in [-0.39, 0.29) is 5.91 Å². The Hall–Kier alpha value is -1.62. The lowest BCUT2D eigenvalue weighted by Gasteiger charge is -2.16. The fourth-order valence-electron chi connectivity index (χ4n) is 1.74. The number of nitrogens with zero attached hydrogens (tertiary/aromatic N) is 2. The van der Waals surface area contributed by atoms with Crippen molar-refractivity contribution in [1.29, 1.82) is 0 Å². The van der Waals surface area contributed by atoms with Crippen LogP contribution in [0.2, 0.25) is 0 Å². The van der Waals surface area contributed by atoms with Crippen LogP contribution in [0.25, 0.3) is 0 Å². The molecule has 5 heteroatoms. The third-order valence-electron chi connectivity index (χ3n) is 2.62. The molecule has 0 atom stereocenters. The maximum absolute atomic E-state index is 11.6. The Kier molecular flexibility index (Phi) is 6.89. The normalized spacial score (nSPS) is 10.5. The first kappa shape index (κ1) is 15.4. The van der Waals surface area contributed by atoms with Crippen molar-refractivity contribution in [2.75, 3.05) is 32.0 Å². The first-order chi connectivity index (χ1) is 9.15. The van der Waals surface area contributed by atoms with E-state index in [9.17, 15) is 4.79 Å². The van der Waals surface area contributed by atoms with Gasteiger partial charge in [-0.05, 0) is 32.0 Å². The number of amides is 1. The van der Waals surface area contributed by atoms with Crippen molar-refractivity contribution < 1.29 is 4.79 Å². The lowest BCUT2D eigenvalue weighted by molar-refractivity contribution is -0.122. The zero-order valence-corrected chi connectivity index (χ0v) is 12.1. The minimum Gasteiger partial charge on any atom is -0.370 e. The summed E-state index contributed by atoms with van der Waals surface area (Å²) in [5.41, 5.74) is 1.10. The minimum atomic E-state index is 0.0709. The molecule has 1 amide bonds. The number of anilines is 1. The van der Waals surface area contributed by atoms with Crippen LogP contribution < -0.4 is 10.6 Å². The molecule has 0 saturated carbocycles. The van der Waals surface area contributed by atoms with E-state index < -0.39 is 0 Å². The summed E-state index contributed by atoms with van der Waals surface area (Å²) >= 11 is 0. The van der Waals surface area contributed by atoms with Gasteiger partial charge in [-0.3, -0.25) is 9.69 Å². The summed E-state index contributed by atoms with van der Waals surface area (Å²) < 4.78 is 0. The molecule has 1 aromatic rings. The molecule has 0 spiro atoms. The monoisotopic (exact) mass is 264 g/mol. The molecule has 1 aromatic heterocycles. The number of nitrogens with one attached hydrogen (secondary N) is 2. The minimum absolute atomic E-state index is 0.0709. The molecular weight excluding hydrogens is 240 g/mol. The van der Waals surface area contributed by atoms with Crippen molar-refractivity contribution in [3.8, 4) is 0 Å². The standard InChI is InChI=1S/C14H24N4O/c1-4-8-16-14(19)11-18(3)10-12-6-7-13(15-5-2)17-9-12/h6-7,9H,4-5,8,10-11H2,1-3H3,(H,15,17)(H,16,19). The summed E-state index contributed by atoms with van der Waals surface area (Å²) in [6.45, 7) is 6.82. The number of hydrogen-bond acceptors (Lipinski definition) is 4. The van der Waals surface area contributed by atoms with E-state index in [1.807, 2.05) is 44.1 Å². The summed E-state index contributed by atoms with van der Waals surface area (Å²) in [5.74, 6) is 0.955. The van der Waals surface area contributed by atoms with E-state index in [2.05, 4.69) is 15.6 Å². The van der Waals surface area contributed by atoms with Crippen molar-refractivity contribution in [2.45, 2.75) is 26.8 Å². The van der Waals surface area contributed by atoms with E-state index in [0.717, 1.165) is 37.4 Å². The van der Waals surface area contributed by atoms with Gasteiger partial charge in [-0.25, -0.2) is 4.98 Å². The van der Waals surface area contributed by atoms with Crippen LogP contribution in [0, 0.1) is 0 Å². The second kappa shape index (κ2) is 8.48. The quantitative estimate of drug-likeness (QED) is 0.746. The highest BCUT2D eigenvalue weighted by Gasteiger charge is 2.06. The van der Waals surface area contributed by atoms with Gasteiger partial charge in [-0.1, -0.05) is 13.0 Å². The summed E-state index contributed by atoms with van der Waals surface area (Å²) in [7, 11) is 1.93. The van der Waals surface area contributed by atoms with Gasteiger partial charge < -0.3 is 10.6 Å².